The summed E-state index contributed by atoms with van der Waals surface area (Å²) in [5.74, 6) is 0. The third-order valence-electron chi connectivity index (χ3n) is 3.37. The van der Waals surface area contributed by atoms with Crippen molar-refractivity contribution < 1.29 is 0 Å². The predicted octanol–water partition coefficient (Wildman–Crippen LogP) is 4.70. The number of halogens is 1. The molecule has 106 valence electrons. The fourth-order valence-corrected chi connectivity index (χ4v) is 2.44. The molecule has 1 aromatic heterocycles. The van der Waals surface area contributed by atoms with Crippen molar-refractivity contribution in [2.75, 3.05) is 5.32 Å². The van der Waals surface area contributed by atoms with Gasteiger partial charge in [-0.15, -0.1) is 0 Å². The summed E-state index contributed by atoms with van der Waals surface area (Å²) >= 11 is 6.03. The van der Waals surface area contributed by atoms with E-state index in [0.29, 0.717) is 0 Å². The molecule has 4 heteroatoms. The lowest BCUT2D eigenvalue weighted by Gasteiger charge is -2.16. The number of nitrogens with one attached hydrogen (secondary N) is 1. The maximum atomic E-state index is 6.03. The first-order valence-electron chi connectivity index (χ1n) is 6.84. The van der Waals surface area contributed by atoms with Gasteiger partial charge in [0.05, 0.1) is 5.69 Å². The van der Waals surface area contributed by atoms with Crippen molar-refractivity contribution in [3.63, 3.8) is 0 Å². The minimum atomic E-state index is 0.194. The number of aromatic nitrogens is 2. The molecular weight excluding hydrogens is 282 g/mol. The van der Waals surface area contributed by atoms with Gasteiger partial charge in [0.2, 0.25) is 0 Å². The summed E-state index contributed by atoms with van der Waals surface area (Å²) in [7, 11) is 0. The van der Waals surface area contributed by atoms with Gasteiger partial charge in [-0.05, 0) is 55.0 Å². The Labute approximate surface area is 129 Å². The molecule has 0 fully saturated rings. The molecule has 1 N–H and O–H groups in total. The molecule has 0 aliphatic carbocycles. The van der Waals surface area contributed by atoms with Crippen LogP contribution < -0.4 is 5.32 Å². The number of anilines is 1. The molecule has 0 bridgehead atoms. The summed E-state index contributed by atoms with van der Waals surface area (Å²) in [6.07, 6.45) is 3.70. The van der Waals surface area contributed by atoms with Gasteiger partial charge in [0, 0.05) is 29.1 Å². The highest BCUT2D eigenvalue weighted by molar-refractivity contribution is 6.30. The second-order valence-electron chi connectivity index (χ2n) is 4.92. The van der Waals surface area contributed by atoms with Crippen LogP contribution in [0.5, 0.6) is 0 Å². The molecule has 0 radical (unpaired) electrons. The second-order valence-corrected chi connectivity index (χ2v) is 5.35. The summed E-state index contributed by atoms with van der Waals surface area (Å²) in [6, 6.07) is 18.2. The summed E-state index contributed by atoms with van der Waals surface area (Å²) in [4.78, 5) is 0. The van der Waals surface area contributed by atoms with Crippen LogP contribution in [0.15, 0.2) is 67.0 Å². The fourth-order valence-electron chi connectivity index (χ4n) is 2.24. The van der Waals surface area contributed by atoms with Gasteiger partial charge in [-0.25, -0.2) is 4.68 Å². The standard InChI is InChI=1S/C17H16ClN3/c1-13(14-4-2-5-15(18)12-14)20-16-6-8-17(9-7-16)21-11-3-10-19-21/h2-13,20H,1H3. The van der Waals surface area contributed by atoms with Gasteiger partial charge in [0.1, 0.15) is 0 Å². The summed E-state index contributed by atoms with van der Waals surface area (Å²) in [5.41, 5.74) is 3.28. The van der Waals surface area contributed by atoms with Crippen LogP contribution >= 0.6 is 11.6 Å². The SMILES string of the molecule is CC(Nc1ccc(-n2cccn2)cc1)c1cccc(Cl)c1. The maximum absolute atomic E-state index is 6.03. The molecule has 1 heterocycles. The van der Waals surface area contributed by atoms with Crippen molar-refractivity contribution in [3.8, 4) is 5.69 Å². The average Bonchev–Trinajstić information content (AvgIpc) is 3.02. The van der Waals surface area contributed by atoms with Crippen molar-refractivity contribution in [2.45, 2.75) is 13.0 Å². The molecule has 1 atom stereocenters. The largest absolute Gasteiger partial charge is 0.379 e. The zero-order valence-electron chi connectivity index (χ0n) is 11.7. The zero-order chi connectivity index (χ0) is 14.7. The second kappa shape index (κ2) is 6.02. The molecule has 3 nitrogen and oxygen atoms in total. The van der Waals surface area contributed by atoms with Gasteiger partial charge in [0.15, 0.2) is 0 Å². The third kappa shape index (κ3) is 3.26. The van der Waals surface area contributed by atoms with Crippen LogP contribution in [-0.4, -0.2) is 9.78 Å². The van der Waals surface area contributed by atoms with Crippen LogP contribution in [0.25, 0.3) is 5.69 Å². The Hall–Kier alpha value is -2.26. The Morgan fingerprint density at radius 2 is 1.90 bits per heavy atom. The molecule has 21 heavy (non-hydrogen) atoms. The van der Waals surface area contributed by atoms with E-state index >= 15 is 0 Å². The monoisotopic (exact) mass is 297 g/mol. The van der Waals surface area contributed by atoms with Gasteiger partial charge >= 0.3 is 0 Å². The fraction of sp³-hybridized carbons (Fsp3) is 0.118. The molecule has 0 saturated carbocycles. The van der Waals surface area contributed by atoms with Crippen LogP contribution in [0.2, 0.25) is 5.02 Å². The highest BCUT2D eigenvalue weighted by Crippen LogP contribution is 2.22. The molecule has 1 unspecified atom stereocenters. The van der Waals surface area contributed by atoms with Crippen molar-refractivity contribution >= 4 is 17.3 Å². The predicted molar refractivity (Wildman–Crippen MR) is 87.1 cm³/mol. The quantitative estimate of drug-likeness (QED) is 0.756. The molecule has 0 aliphatic heterocycles. The smallest absolute Gasteiger partial charge is 0.0647 e. The van der Waals surface area contributed by atoms with E-state index < -0.39 is 0 Å². The minimum Gasteiger partial charge on any atom is -0.379 e. The van der Waals surface area contributed by atoms with Crippen molar-refractivity contribution in [2.24, 2.45) is 0 Å². The molecule has 0 aliphatic rings. The Balaban J connectivity index is 1.73. The molecule has 0 spiro atoms. The Bertz CT molecular complexity index is 705. The molecule has 2 aromatic carbocycles. The van der Waals surface area contributed by atoms with E-state index in [4.69, 9.17) is 11.6 Å². The van der Waals surface area contributed by atoms with Crippen LogP contribution in [0.3, 0.4) is 0 Å². The number of benzene rings is 2. The summed E-state index contributed by atoms with van der Waals surface area (Å²) in [6.45, 7) is 2.12. The van der Waals surface area contributed by atoms with Gasteiger partial charge < -0.3 is 5.32 Å². The van der Waals surface area contributed by atoms with E-state index in [9.17, 15) is 0 Å². The lowest BCUT2D eigenvalue weighted by atomic mass is 10.1. The molecule has 3 aromatic rings. The topological polar surface area (TPSA) is 29.9 Å². The molecule has 0 saturated heterocycles. The van der Waals surface area contributed by atoms with Gasteiger partial charge in [-0.3, -0.25) is 0 Å². The maximum Gasteiger partial charge on any atom is 0.0647 e. The minimum absolute atomic E-state index is 0.194. The van der Waals surface area contributed by atoms with E-state index in [1.165, 1.54) is 5.56 Å². The van der Waals surface area contributed by atoms with E-state index in [-0.39, 0.29) is 6.04 Å². The Morgan fingerprint density at radius 3 is 2.57 bits per heavy atom. The van der Waals surface area contributed by atoms with E-state index in [2.05, 4.69) is 35.5 Å². The van der Waals surface area contributed by atoms with E-state index in [1.807, 2.05) is 47.3 Å². The summed E-state index contributed by atoms with van der Waals surface area (Å²) < 4.78 is 1.84. The van der Waals surface area contributed by atoms with Crippen molar-refractivity contribution in [1.29, 1.82) is 0 Å². The van der Waals surface area contributed by atoms with Crippen molar-refractivity contribution in [1.82, 2.24) is 9.78 Å². The first kappa shape index (κ1) is 13.7. The van der Waals surface area contributed by atoms with Gasteiger partial charge in [-0.2, -0.15) is 5.10 Å². The average molecular weight is 298 g/mol. The highest BCUT2D eigenvalue weighted by atomic mass is 35.5. The Kier molecular flexibility index (Phi) is 3.93. The van der Waals surface area contributed by atoms with E-state index in [0.717, 1.165) is 16.4 Å². The highest BCUT2D eigenvalue weighted by Gasteiger charge is 2.06. The lowest BCUT2D eigenvalue weighted by Crippen LogP contribution is -2.06. The number of hydrogen-bond acceptors (Lipinski definition) is 2. The van der Waals surface area contributed by atoms with Gasteiger partial charge in [0.25, 0.3) is 0 Å². The van der Waals surface area contributed by atoms with E-state index in [1.54, 1.807) is 6.20 Å². The Morgan fingerprint density at radius 1 is 1.10 bits per heavy atom. The molecule has 0 amide bonds. The molecular formula is C17H16ClN3. The number of rotatable bonds is 4. The number of hydrogen-bond donors (Lipinski definition) is 1. The summed E-state index contributed by atoms with van der Waals surface area (Å²) in [5, 5.41) is 8.44. The zero-order valence-corrected chi connectivity index (χ0v) is 12.5. The van der Waals surface area contributed by atoms with Crippen LogP contribution in [0.4, 0.5) is 5.69 Å². The van der Waals surface area contributed by atoms with Gasteiger partial charge in [-0.1, -0.05) is 23.7 Å². The first-order chi connectivity index (χ1) is 10.2. The van der Waals surface area contributed by atoms with Crippen LogP contribution in [-0.2, 0) is 0 Å². The van der Waals surface area contributed by atoms with Crippen molar-refractivity contribution in [3.05, 3.63) is 77.6 Å². The number of nitrogens with zero attached hydrogens (tertiary/aromatic N) is 2. The third-order valence-corrected chi connectivity index (χ3v) is 3.60. The van der Waals surface area contributed by atoms with Crippen LogP contribution in [0.1, 0.15) is 18.5 Å². The lowest BCUT2D eigenvalue weighted by molar-refractivity contribution is 0.874. The molecule has 3 rings (SSSR count). The normalized spacial score (nSPS) is 12.1. The first-order valence-corrected chi connectivity index (χ1v) is 7.22. The van der Waals surface area contributed by atoms with Crippen LogP contribution in [0, 0.1) is 0 Å².